The first-order chi connectivity index (χ1) is 6.56. The van der Waals surface area contributed by atoms with Crippen molar-refractivity contribution in [1.29, 1.82) is 0 Å². The summed E-state index contributed by atoms with van der Waals surface area (Å²) >= 11 is 0. The number of hydrogen-bond acceptors (Lipinski definition) is 2. The second-order valence-corrected chi connectivity index (χ2v) is 2.94. The van der Waals surface area contributed by atoms with Gasteiger partial charge in [-0.25, -0.2) is 0 Å². The first kappa shape index (κ1) is 12.5. The van der Waals surface area contributed by atoms with Crippen LogP contribution in [0.2, 0.25) is 0 Å². The molecule has 0 aromatic carbocycles. The first-order valence-electron chi connectivity index (χ1n) is 4.34. The minimum absolute atomic E-state index is 0.269. The number of carbonyl (C=O) groups is 1. The highest BCUT2D eigenvalue weighted by Gasteiger charge is 1.95. The summed E-state index contributed by atoms with van der Waals surface area (Å²) < 4.78 is 4.85. The van der Waals surface area contributed by atoms with Crippen LogP contribution >= 0.6 is 0 Å². The van der Waals surface area contributed by atoms with E-state index in [1.165, 1.54) is 6.92 Å². The molecule has 0 rings (SSSR count). The quantitative estimate of drug-likeness (QED) is 0.371. The Morgan fingerprint density at radius 1 is 1.50 bits per heavy atom. The van der Waals surface area contributed by atoms with Crippen molar-refractivity contribution in [3.63, 3.8) is 0 Å². The van der Waals surface area contributed by atoms with Crippen molar-refractivity contribution in [2.45, 2.75) is 6.92 Å². The van der Waals surface area contributed by atoms with Crippen LogP contribution in [0.5, 0.6) is 0 Å². The topological polar surface area (TPSA) is 26.3 Å². The van der Waals surface area contributed by atoms with Crippen LogP contribution in [0.3, 0.4) is 0 Å². The van der Waals surface area contributed by atoms with Crippen molar-refractivity contribution < 1.29 is 9.53 Å². The lowest BCUT2D eigenvalue weighted by molar-refractivity contribution is -0.139. The van der Waals surface area contributed by atoms with E-state index in [1.54, 1.807) is 12.2 Å². The fraction of sp³-hybridized carbons (Fsp3) is 0.182. The van der Waals surface area contributed by atoms with E-state index in [0.717, 1.165) is 11.0 Å². The fourth-order valence-electron chi connectivity index (χ4n) is 0.737. The van der Waals surface area contributed by atoms with E-state index in [2.05, 4.69) is 13.2 Å². The minimum atomic E-state index is -0.288. The molecule has 0 aliphatic carbocycles. The molecule has 0 heterocycles. The summed E-state index contributed by atoms with van der Waals surface area (Å²) in [5.41, 5.74) is 1.83. The van der Waals surface area contributed by atoms with Crippen LogP contribution in [0.25, 0.3) is 0 Å². The molecular weight excluding hydrogens is 175 g/mol. The third kappa shape index (κ3) is 7.16. The zero-order valence-corrected chi connectivity index (χ0v) is 8.75. The lowest BCUT2D eigenvalue weighted by Crippen LogP contribution is -2.01. The van der Waals surface area contributed by atoms with Crippen LogP contribution in [-0.4, -0.2) is 20.4 Å². The zero-order chi connectivity index (χ0) is 11.0. The maximum absolute atomic E-state index is 10.6. The summed E-state index contributed by atoms with van der Waals surface area (Å²) in [4.78, 5) is 10.6. The molecule has 0 amide bonds. The van der Waals surface area contributed by atoms with Crippen LogP contribution in [0.15, 0.2) is 48.5 Å². The van der Waals surface area contributed by atoms with Gasteiger partial charge in [-0.2, -0.15) is 0 Å². The number of hydrogen-bond donors (Lipinski definition) is 0. The largest absolute Gasteiger partial charge is 0.461 e. The van der Waals surface area contributed by atoms with E-state index in [1.807, 2.05) is 20.0 Å². The van der Waals surface area contributed by atoms with Crippen molar-refractivity contribution in [3.8, 4) is 0 Å². The molecule has 0 aromatic heterocycles. The molecular formula is C11H15BO2. The van der Waals surface area contributed by atoms with Crippen molar-refractivity contribution in [3.05, 3.63) is 48.5 Å². The highest BCUT2D eigenvalue weighted by Crippen LogP contribution is 2.00. The highest BCUT2D eigenvalue weighted by atomic mass is 16.5. The Morgan fingerprint density at radius 2 is 2.14 bits per heavy atom. The molecule has 0 saturated carbocycles. The molecule has 0 aromatic rings. The molecule has 0 atom stereocenters. The maximum atomic E-state index is 10.6. The van der Waals surface area contributed by atoms with Gasteiger partial charge in [-0.15, -0.1) is 6.58 Å². The van der Waals surface area contributed by atoms with Gasteiger partial charge >= 0.3 is 5.97 Å². The zero-order valence-electron chi connectivity index (χ0n) is 8.75. The number of allylic oxidation sites excluding steroid dienone is 4. The predicted molar refractivity (Wildman–Crippen MR) is 61.7 cm³/mol. The third-order valence-electron chi connectivity index (χ3n) is 1.36. The van der Waals surface area contributed by atoms with Crippen LogP contribution in [-0.2, 0) is 9.53 Å². The fourth-order valence-corrected chi connectivity index (χ4v) is 0.737. The van der Waals surface area contributed by atoms with Crippen LogP contribution in [0.4, 0.5) is 0 Å². The Hall–Kier alpha value is -1.51. The molecule has 0 spiro atoms. The lowest BCUT2D eigenvalue weighted by atomic mass is 9.97. The van der Waals surface area contributed by atoms with Crippen LogP contribution in [0.1, 0.15) is 6.92 Å². The first-order valence-corrected chi connectivity index (χ1v) is 4.34. The molecule has 0 radical (unpaired) electrons. The van der Waals surface area contributed by atoms with Gasteiger partial charge in [0.2, 0.25) is 0 Å². The summed E-state index contributed by atoms with van der Waals surface area (Å²) in [7, 11) is 1.90. The summed E-state index contributed by atoms with van der Waals surface area (Å²) in [5.74, 6) is -0.288. The maximum Gasteiger partial charge on any atom is 0.302 e. The van der Waals surface area contributed by atoms with Crippen molar-refractivity contribution in [1.82, 2.24) is 0 Å². The van der Waals surface area contributed by atoms with Crippen LogP contribution < -0.4 is 0 Å². The molecule has 0 unspecified atom stereocenters. The molecule has 74 valence electrons. The van der Waals surface area contributed by atoms with E-state index in [4.69, 9.17) is 4.74 Å². The van der Waals surface area contributed by atoms with Crippen molar-refractivity contribution in [2.24, 2.45) is 0 Å². The molecule has 0 aliphatic rings. The Balaban J connectivity index is 4.31. The van der Waals surface area contributed by atoms with Gasteiger partial charge in [0.15, 0.2) is 0 Å². The molecule has 14 heavy (non-hydrogen) atoms. The Labute approximate surface area is 86.1 Å². The second-order valence-electron chi connectivity index (χ2n) is 2.94. The number of esters is 1. The van der Waals surface area contributed by atoms with Gasteiger partial charge < -0.3 is 4.74 Å². The van der Waals surface area contributed by atoms with E-state index in [-0.39, 0.29) is 12.6 Å². The predicted octanol–water partition coefficient (Wildman–Crippen LogP) is 1.36. The normalized spacial score (nSPS) is 11.4. The Kier molecular flexibility index (Phi) is 6.20. The summed E-state index contributed by atoms with van der Waals surface area (Å²) in [5, 5.41) is 0. The standard InChI is InChI=1S/C11H15BO2/c1-4-5-11(7-6-9(2)12)8-14-10(3)13/h4-7H,1-2,8,12H2,3H3/b7-6-,11-5+. The Bertz CT molecular complexity index is 288. The van der Waals surface area contributed by atoms with Gasteiger partial charge in [0.1, 0.15) is 14.5 Å². The van der Waals surface area contributed by atoms with Gasteiger partial charge in [-0.1, -0.05) is 36.4 Å². The van der Waals surface area contributed by atoms with E-state index in [0.29, 0.717) is 0 Å². The molecule has 2 nitrogen and oxygen atoms in total. The molecule has 0 saturated heterocycles. The molecule has 0 N–H and O–H groups in total. The molecule has 3 heteroatoms. The van der Waals surface area contributed by atoms with Crippen molar-refractivity contribution >= 4 is 13.8 Å². The molecule has 0 bridgehead atoms. The third-order valence-corrected chi connectivity index (χ3v) is 1.36. The van der Waals surface area contributed by atoms with Gasteiger partial charge in [0, 0.05) is 6.92 Å². The minimum Gasteiger partial charge on any atom is -0.461 e. The van der Waals surface area contributed by atoms with Gasteiger partial charge in [-0.05, 0) is 5.57 Å². The SMILES string of the molecule is BC(=C)/C=C\C(=C/C=C)COC(C)=O. The summed E-state index contributed by atoms with van der Waals surface area (Å²) in [6.45, 7) is 8.97. The van der Waals surface area contributed by atoms with Gasteiger partial charge in [0.05, 0.1) is 0 Å². The average molecular weight is 190 g/mol. The lowest BCUT2D eigenvalue weighted by Gasteiger charge is -2.01. The van der Waals surface area contributed by atoms with E-state index >= 15 is 0 Å². The molecule has 0 aliphatic heterocycles. The van der Waals surface area contributed by atoms with E-state index < -0.39 is 0 Å². The summed E-state index contributed by atoms with van der Waals surface area (Å²) in [6.07, 6.45) is 7.16. The van der Waals surface area contributed by atoms with Crippen molar-refractivity contribution in [2.75, 3.05) is 6.61 Å². The summed E-state index contributed by atoms with van der Waals surface area (Å²) in [6, 6.07) is 0. The Morgan fingerprint density at radius 3 is 2.57 bits per heavy atom. The van der Waals surface area contributed by atoms with Crippen LogP contribution in [0, 0.1) is 0 Å². The number of rotatable bonds is 5. The number of carbonyl (C=O) groups excluding carboxylic acids is 1. The molecule has 0 fully saturated rings. The monoisotopic (exact) mass is 190 g/mol. The number of ether oxygens (including phenoxy) is 1. The highest BCUT2D eigenvalue weighted by molar-refractivity contribution is 6.23. The second kappa shape index (κ2) is 6.95. The van der Waals surface area contributed by atoms with E-state index in [9.17, 15) is 4.79 Å². The van der Waals surface area contributed by atoms with Gasteiger partial charge in [-0.3, -0.25) is 4.79 Å². The smallest absolute Gasteiger partial charge is 0.302 e. The average Bonchev–Trinajstić information content (AvgIpc) is 2.09. The van der Waals surface area contributed by atoms with Gasteiger partial charge in [0.25, 0.3) is 0 Å².